The molecule has 1 unspecified atom stereocenters. The molecule has 1 atom stereocenters. The second kappa shape index (κ2) is 27.5. The van der Waals surface area contributed by atoms with E-state index in [1.807, 2.05) is 0 Å². The Balaban J connectivity index is 3.98. The molecule has 0 aromatic rings. The Labute approximate surface area is 218 Å². The Morgan fingerprint density at radius 1 is 0.514 bits per heavy atom. The lowest BCUT2D eigenvalue weighted by molar-refractivity contribution is -0.150. The third-order valence-electron chi connectivity index (χ3n) is 7.08. The zero-order valence-electron chi connectivity index (χ0n) is 23.6. The highest BCUT2D eigenvalue weighted by atomic mass is 16.5. The molecule has 0 radical (unpaired) electrons. The summed E-state index contributed by atoms with van der Waals surface area (Å²) in [7, 11) is 0. The van der Waals surface area contributed by atoms with Crippen LogP contribution in [0.25, 0.3) is 0 Å². The van der Waals surface area contributed by atoms with E-state index >= 15 is 0 Å². The van der Waals surface area contributed by atoms with E-state index in [1.54, 1.807) is 0 Å². The summed E-state index contributed by atoms with van der Waals surface area (Å²) in [6.07, 6.45) is 29.7. The molecule has 0 heterocycles. The summed E-state index contributed by atoms with van der Waals surface area (Å²) in [6.45, 7) is 4.51. The van der Waals surface area contributed by atoms with Crippen molar-refractivity contribution in [1.29, 1.82) is 0 Å². The zero-order chi connectivity index (χ0) is 25.8. The second-order valence-electron chi connectivity index (χ2n) is 10.7. The highest BCUT2D eigenvalue weighted by molar-refractivity contribution is 5.69. The lowest BCUT2D eigenvalue weighted by Crippen LogP contribution is -2.18. The molecule has 35 heavy (non-hydrogen) atoms. The summed E-state index contributed by atoms with van der Waals surface area (Å²) in [6, 6.07) is 0. The maximum absolute atomic E-state index is 12.5. The van der Waals surface area contributed by atoms with Gasteiger partial charge in [-0.25, -0.2) is 0 Å². The zero-order valence-corrected chi connectivity index (χ0v) is 23.6. The molecular weight excluding hydrogens is 436 g/mol. The topological polar surface area (TPSA) is 63.6 Å². The van der Waals surface area contributed by atoms with Crippen molar-refractivity contribution in [3.63, 3.8) is 0 Å². The van der Waals surface area contributed by atoms with Crippen LogP contribution in [0.15, 0.2) is 0 Å². The van der Waals surface area contributed by atoms with Gasteiger partial charge in [0.25, 0.3) is 0 Å². The molecule has 0 aliphatic carbocycles. The average molecular weight is 497 g/mol. The molecule has 4 nitrogen and oxygen atoms in total. The van der Waals surface area contributed by atoms with Crippen LogP contribution in [0.1, 0.15) is 181 Å². The van der Waals surface area contributed by atoms with E-state index in [2.05, 4.69) is 13.8 Å². The summed E-state index contributed by atoms with van der Waals surface area (Å²) < 4.78 is 5.93. The largest absolute Gasteiger partial charge is 0.481 e. The Morgan fingerprint density at radius 2 is 0.857 bits per heavy atom. The smallest absolute Gasteiger partial charge is 0.306 e. The van der Waals surface area contributed by atoms with Crippen LogP contribution in [-0.4, -0.2) is 23.1 Å². The van der Waals surface area contributed by atoms with Crippen LogP contribution in [0.3, 0.4) is 0 Å². The van der Waals surface area contributed by atoms with Gasteiger partial charge in [-0.3, -0.25) is 9.59 Å². The summed E-state index contributed by atoms with van der Waals surface area (Å²) in [4.78, 5) is 23.0. The number of ether oxygens (including phenoxy) is 1. The lowest BCUT2D eigenvalue weighted by Gasteiger charge is -2.18. The van der Waals surface area contributed by atoms with Crippen LogP contribution in [0.2, 0.25) is 0 Å². The number of carboxylic acids is 1. The number of carboxylic acid groups (broad SMARTS) is 1. The van der Waals surface area contributed by atoms with Crippen molar-refractivity contribution in [3.8, 4) is 0 Å². The highest BCUT2D eigenvalue weighted by Crippen LogP contribution is 2.18. The fraction of sp³-hybridized carbons (Fsp3) is 0.935. The van der Waals surface area contributed by atoms with E-state index in [4.69, 9.17) is 9.84 Å². The number of aliphatic carboxylic acids is 1. The van der Waals surface area contributed by atoms with E-state index in [0.717, 1.165) is 70.6 Å². The van der Waals surface area contributed by atoms with Gasteiger partial charge in [-0.15, -0.1) is 0 Å². The maximum atomic E-state index is 12.5. The van der Waals surface area contributed by atoms with Gasteiger partial charge in [-0.05, 0) is 38.5 Å². The molecule has 0 amide bonds. The maximum Gasteiger partial charge on any atom is 0.306 e. The Morgan fingerprint density at radius 3 is 1.26 bits per heavy atom. The van der Waals surface area contributed by atoms with E-state index in [1.165, 1.54) is 83.5 Å². The van der Waals surface area contributed by atoms with Crippen LogP contribution >= 0.6 is 0 Å². The predicted octanol–water partition coefficient (Wildman–Crippen LogP) is 10.2. The molecule has 4 heteroatoms. The first-order valence-electron chi connectivity index (χ1n) is 15.5. The Bertz CT molecular complexity index is 463. The first-order valence-corrected chi connectivity index (χ1v) is 15.5. The molecule has 0 spiro atoms. The van der Waals surface area contributed by atoms with Crippen molar-refractivity contribution in [2.75, 3.05) is 0 Å². The van der Waals surface area contributed by atoms with Gasteiger partial charge in [-0.1, -0.05) is 129 Å². The molecule has 0 aliphatic rings. The molecule has 0 saturated carbocycles. The number of unbranched alkanes of at least 4 members (excludes halogenated alkanes) is 19. The molecule has 0 bridgehead atoms. The van der Waals surface area contributed by atoms with E-state index in [-0.39, 0.29) is 18.5 Å². The first-order chi connectivity index (χ1) is 17.1. The summed E-state index contributed by atoms with van der Waals surface area (Å²) >= 11 is 0. The average Bonchev–Trinajstić information content (AvgIpc) is 2.83. The number of hydrogen-bond donors (Lipinski definition) is 1. The minimum absolute atomic E-state index is 0.00854. The molecule has 0 aromatic heterocycles. The monoisotopic (exact) mass is 496 g/mol. The van der Waals surface area contributed by atoms with Gasteiger partial charge < -0.3 is 9.84 Å². The molecule has 208 valence electrons. The van der Waals surface area contributed by atoms with Gasteiger partial charge >= 0.3 is 11.9 Å². The van der Waals surface area contributed by atoms with Crippen LogP contribution in [-0.2, 0) is 14.3 Å². The molecule has 0 fully saturated rings. The fourth-order valence-corrected chi connectivity index (χ4v) is 4.77. The Hall–Kier alpha value is -1.06. The quantitative estimate of drug-likeness (QED) is 0.0864. The summed E-state index contributed by atoms with van der Waals surface area (Å²) in [5.74, 6) is -0.684. The number of hydrogen-bond acceptors (Lipinski definition) is 3. The second-order valence-corrected chi connectivity index (χ2v) is 10.7. The lowest BCUT2D eigenvalue weighted by atomic mass is 10.0. The molecule has 0 aromatic carbocycles. The minimum atomic E-state index is -0.692. The van der Waals surface area contributed by atoms with E-state index in [0.29, 0.717) is 6.42 Å². The van der Waals surface area contributed by atoms with Gasteiger partial charge in [-0.2, -0.15) is 0 Å². The van der Waals surface area contributed by atoms with E-state index in [9.17, 15) is 9.59 Å². The molecular formula is C31H60O4. The molecule has 0 saturated heterocycles. The number of esters is 1. The van der Waals surface area contributed by atoms with Crippen molar-refractivity contribution >= 4 is 11.9 Å². The van der Waals surface area contributed by atoms with Crippen molar-refractivity contribution in [2.24, 2.45) is 0 Å². The van der Waals surface area contributed by atoms with Crippen molar-refractivity contribution < 1.29 is 19.4 Å². The van der Waals surface area contributed by atoms with Crippen LogP contribution in [0.4, 0.5) is 0 Å². The third kappa shape index (κ3) is 27.4. The molecule has 0 rings (SSSR count). The number of carbonyl (C=O) groups excluding carboxylic acids is 1. The van der Waals surface area contributed by atoms with E-state index < -0.39 is 5.97 Å². The van der Waals surface area contributed by atoms with Crippen molar-refractivity contribution in [1.82, 2.24) is 0 Å². The van der Waals surface area contributed by atoms with Gasteiger partial charge in [0.2, 0.25) is 0 Å². The Kier molecular flexibility index (Phi) is 26.7. The summed E-state index contributed by atoms with van der Waals surface area (Å²) in [5, 5.41) is 8.71. The standard InChI is InChI=1S/C31H60O4/c1-3-5-7-9-11-12-13-14-20-24-28-31(34)35-29(25-21-17-10-8-6-4-2)26-22-18-15-16-19-23-27-30(32)33/h29H,3-28H2,1-2H3,(H,32,33). The SMILES string of the molecule is CCCCCCCCCCCCC(=O)OC(CCCCCCCC)CCCCCCCCC(=O)O. The summed E-state index contributed by atoms with van der Waals surface area (Å²) in [5.41, 5.74) is 0. The third-order valence-corrected chi connectivity index (χ3v) is 7.08. The fourth-order valence-electron chi connectivity index (χ4n) is 4.77. The van der Waals surface area contributed by atoms with Gasteiger partial charge in [0.15, 0.2) is 0 Å². The van der Waals surface area contributed by atoms with Crippen LogP contribution in [0.5, 0.6) is 0 Å². The van der Waals surface area contributed by atoms with Crippen molar-refractivity contribution in [2.45, 2.75) is 187 Å². The molecule has 0 aliphatic heterocycles. The molecule has 1 N–H and O–H groups in total. The minimum Gasteiger partial charge on any atom is -0.481 e. The predicted molar refractivity (Wildman–Crippen MR) is 149 cm³/mol. The highest BCUT2D eigenvalue weighted by Gasteiger charge is 2.14. The van der Waals surface area contributed by atoms with Crippen LogP contribution in [0, 0.1) is 0 Å². The van der Waals surface area contributed by atoms with Gasteiger partial charge in [0, 0.05) is 12.8 Å². The van der Waals surface area contributed by atoms with Crippen LogP contribution < -0.4 is 0 Å². The number of rotatable bonds is 28. The first kappa shape index (κ1) is 33.9. The van der Waals surface area contributed by atoms with Gasteiger partial charge in [0.05, 0.1) is 0 Å². The number of carbonyl (C=O) groups is 2. The van der Waals surface area contributed by atoms with Gasteiger partial charge in [0.1, 0.15) is 6.10 Å². The van der Waals surface area contributed by atoms with Crippen molar-refractivity contribution in [3.05, 3.63) is 0 Å². The normalized spacial score (nSPS) is 12.1.